The first-order valence-electron chi connectivity index (χ1n) is 7.97. The predicted molar refractivity (Wildman–Crippen MR) is 88.1 cm³/mol. The van der Waals surface area contributed by atoms with Gasteiger partial charge in [-0.05, 0) is 18.6 Å². The average Bonchev–Trinajstić information content (AvgIpc) is 2.99. The van der Waals surface area contributed by atoms with Gasteiger partial charge in [0.25, 0.3) is 0 Å². The van der Waals surface area contributed by atoms with Crippen molar-refractivity contribution >= 4 is 18.6 Å². The van der Waals surface area contributed by atoms with Crippen LogP contribution in [0.15, 0.2) is 24.3 Å². The molecule has 0 aliphatic heterocycles. The number of hydrogen-bond donors (Lipinski definition) is 1. The lowest BCUT2D eigenvalue weighted by Crippen LogP contribution is -2.13. The molecule has 0 saturated carbocycles. The Morgan fingerprint density at radius 3 is 1.90 bits per heavy atom. The van der Waals surface area contributed by atoms with Gasteiger partial charge in [0, 0.05) is 0 Å². The highest BCUT2D eigenvalue weighted by molar-refractivity contribution is 7.80. The number of carbonyl (C=O) groups excluding carboxylic acids is 1. The molecule has 3 heteroatoms. The quantitative estimate of drug-likeness (QED) is 0.320. The van der Waals surface area contributed by atoms with Crippen molar-refractivity contribution in [2.45, 2.75) is 57.8 Å². The van der Waals surface area contributed by atoms with Crippen LogP contribution in [0.3, 0.4) is 0 Å². The van der Waals surface area contributed by atoms with Crippen molar-refractivity contribution in [1.29, 1.82) is 0 Å². The van der Waals surface area contributed by atoms with Crippen LogP contribution in [0.1, 0.15) is 57.8 Å². The zero-order valence-corrected chi connectivity index (χ0v) is 13.3. The van der Waals surface area contributed by atoms with Crippen molar-refractivity contribution in [2.24, 2.45) is 5.92 Å². The minimum Gasteiger partial charge on any atom is -0.465 e. The van der Waals surface area contributed by atoms with E-state index in [1.807, 2.05) is 24.3 Å². The molecule has 0 saturated heterocycles. The van der Waals surface area contributed by atoms with Crippen LogP contribution in [-0.2, 0) is 9.53 Å². The van der Waals surface area contributed by atoms with E-state index < -0.39 is 0 Å². The maximum atomic E-state index is 11.6. The van der Waals surface area contributed by atoms with Crippen LogP contribution in [0.5, 0.6) is 0 Å². The van der Waals surface area contributed by atoms with Crippen molar-refractivity contribution in [3.05, 3.63) is 24.3 Å². The van der Waals surface area contributed by atoms with Crippen LogP contribution in [0, 0.1) is 5.92 Å². The summed E-state index contributed by atoms with van der Waals surface area (Å²) in [5.41, 5.74) is 0. The van der Waals surface area contributed by atoms with E-state index in [9.17, 15) is 4.79 Å². The fourth-order valence-corrected chi connectivity index (χ4v) is 2.53. The van der Waals surface area contributed by atoms with Crippen molar-refractivity contribution in [2.75, 3.05) is 12.4 Å². The number of thiol groups is 1. The predicted octanol–water partition coefficient (Wildman–Crippen LogP) is 4.71. The van der Waals surface area contributed by atoms with Gasteiger partial charge in [0.05, 0.1) is 12.5 Å². The van der Waals surface area contributed by atoms with Crippen molar-refractivity contribution < 1.29 is 9.53 Å². The molecule has 20 heavy (non-hydrogen) atoms. The number of allylic oxidation sites excluding steroid dienone is 2. The molecule has 0 aromatic heterocycles. The Hall–Kier alpha value is -0.700. The Kier molecular flexibility index (Phi) is 10.5. The maximum Gasteiger partial charge on any atom is 0.316 e. The van der Waals surface area contributed by atoms with E-state index in [2.05, 4.69) is 12.6 Å². The standard InChI is InChI=1S/C17H28O2S/c18-17(16-12-8-9-13-16)19-14-10-6-4-2-1-3-5-7-11-15-20/h8-9,12-13,16,20H,1-7,10-11,14-15H2. The Bertz CT molecular complexity index is 298. The number of unbranched alkanes of at least 4 members (excludes halogenated alkanes) is 8. The van der Waals surface area contributed by atoms with Crippen molar-refractivity contribution in [3.8, 4) is 0 Å². The van der Waals surface area contributed by atoms with E-state index in [0.29, 0.717) is 6.61 Å². The highest BCUT2D eigenvalue weighted by atomic mass is 32.1. The molecule has 1 aliphatic rings. The van der Waals surface area contributed by atoms with Gasteiger partial charge in [-0.25, -0.2) is 0 Å². The maximum absolute atomic E-state index is 11.6. The van der Waals surface area contributed by atoms with Crippen LogP contribution in [0.25, 0.3) is 0 Å². The first kappa shape index (κ1) is 17.4. The second-order valence-corrected chi connectivity index (χ2v) is 5.82. The summed E-state index contributed by atoms with van der Waals surface area (Å²) in [6.45, 7) is 0.568. The van der Waals surface area contributed by atoms with E-state index in [0.717, 1.165) is 12.2 Å². The number of ether oxygens (including phenoxy) is 1. The third-order valence-electron chi connectivity index (χ3n) is 3.57. The van der Waals surface area contributed by atoms with Gasteiger partial charge < -0.3 is 4.74 Å². The molecule has 1 aliphatic carbocycles. The topological polar surface area (TPSA) is 26.3 Å². The highest BCUT2D eigenvalue weighted by Gasteiger charge is 2.14. The van der Waals surface area contributed by atoms with Crippen LogP contribution < -0.4 is 0 Å². The molecule has 0 bridgehead atoms. The lowest BCUT2D eigenvalue weighted by atomic mass is 10.1. The third-order valence-corrected chi connectivity index (χ3v) is 3.88. The van der Waals surface area contributed by atoms with E-state index in [4.69, 9.17) is 4.74 Å². The summed E-state index contributed by atoms with van der Waals surface area (Å²) in [4.78, 5) is 11.6. The first-order chi connectivity index (χ1) is 9.84. The van der Waals surface area contributed by atoms with E-state index in [-0.39, 0.29) is 11.9 Å². The van der Waals surface area contributed by atoms with E-state index in [1.165, 1.54) is 51.4 Å². The van der Waals surface area contributed by atoms with Gasteiger partial charge in [0.15, 0.2) is 0 Å². The molecule has 0 atom stereocenters. The molecular formula is C17H28O2S. The smallest absolute Gasteiger partial charge is 0.316 e. The van der Waals surface area contributed by atoms with Crippen molar-refractivity contribution in [1.82, 2.24) is 0 Å². The summed E-state index contributed by atoms with van der Waals surface area (Å²) in [7, 11) is 0. The molecule has 0 amide bonds. The highest BCUT2D eigenvalue weighted by Crippen LogP contribution is 2.12. The Labute approximate surface area is 129 Å². The molecule has 0 unspecified atom stereocenters. The monoisotopic (exact) mass is 296 g/mol. The second kappa shape index (κ2) is 12.1. The minimum atomic E-state index is -0.146. The van der Waals surface area contributed by atoms with Crippen LogP contribution in [0.2, 0.25) is 0 Å². The SMILES string of the molecule is O=C(OCCCCCCCCCCCS)C1C=CC=C1. The van der Waals surface area contributed by atoms with Crippen LogP contribution in [0.4, 0.5) is 0 Å². The van der Waals surface area contributed by atoms with Gasteiger partial charge >= 0.3 is 5.97 Å². The lowest BCUT2D eigenvalue weighted by Gasteiger charge is -2.07. The van der Waals surface area contributed by atoms with Gasteiger partial charge in [-0.3, -0.25) is 4.79 Å². The number of rotatable bonds is 12. The Morgan fingerprint density at radius 1 is 0.850 bits per heavy atom. The minimum absolute atomic E-state index is 0.112. The van der Waals surface area contributed by atoms with Gasteiger partial charge in [0.2, 0.25) is 0 Å². The van der Waals surface area contributed by atoms with Crippen LogP contribution >= 0.6 is 12.6 Å². The number of carbonyl (C=O) groups is 1. The molecule has 0 fully saturated rings. The molecule has 0 radical (unpaired) electrons. The summed E-state index contributed by atoms with van der Waals surface area (Å²) in [5, 5.41) is 0. The fraction of sp³-hybridized carbons (Fsp3) is 0.706. The summed E-state index contributed by atoms with van der Waals surface area (Å²) < 4.78 is 5.25. The summed E-state index contributed by atoms with van der Waals surface area (Å²) in [6.07, 6.45) is 18.9. The molecule has 0 aromatic carbocycles. The molecule has 2 nitrogen and oxygen atoms in total. The zero-order chi connectivity index (χ0) is 14.5. The van der Waals surface area contributed by atoms with Crippen LogP contribution in [-0.4, -0.2) is 18.3 Å². The van der Waals surface area contributed by atoms with Gasteiger partial charge in [-0.2, -0.15) is 12.6 Å². The first-order valence-corrected chi connectivity index (χ1v) is 8.60. The van der Waals surface area contributed by atoms with Gasteiger partial charge in [0.1, 0.15) is 0 Å². The molecule has 0 aromatic rings. The number of hydrogen-bond acceptors (Lipinski definition) is 3. The lowest BCUT2D eigenvalue weighted by molar-refractivity contribution is -0.145. The zero-order valence-electron chi connectivity index (χ0n) is 12.4. The number of esters is 1. The Balaban J connectivity index is 1.79. The third kappa shape index (κ3) is 8.47. The van der Waals surface area contributed by atoms with E-state index >= 15 is 0 Å². The fourth-order valence-electron chi connectivity index (χ4n) is 2.31. The Morgan fingerprint density at radius 2 is 1.35 bits per heavy atom. The summed E-state index contributed by atoms with van der Waals surface area (Å²) in [5.74, 6) is 0.761. The van der Waals surface area contributed by atoms with Gasteiger partial charge in [-0.1, -0.05) is 69.2 Å². The molecule has 0 N–H and O–H groups in total. The molecule has 0 heterocycles. The molecule has 114 valence electrons. The summed E-state index contributed by atoms with van der Waals surface area (Å²) >= 11 is 4.21. The van der Waals surface area contributed by atoms with Gasteiger partial charge in [-0.15, -0.1) is 0 Å². The second-order valence-electron chi connectivity index (χ2n) is 5.37. The molecular weight excluding hydrogens is 268 g/mol. The molecule has 0 spiro atoms. The largest absolute Gasteiger partial charge is 0.465 e. The molecule has 1 rings (SSSR count). The normalized spacial score (nSPS) is 14.1. The van der Waals surface area contributed by atoms with E-state index in [1.54, 1.807) is 0 Å². The van der Waals surface area contributed by atoms with Crippen molar-refractivity contribution in [3.63, 3.8) is 0 Å². The average molecular weight is 296 g/mol. The summed E-state index contributed by atoms with van der Waals surface area (Å²) in [6, 6.07) is 0.